The molecule has 8 nitrogen and oxygen atoms in total. The van der Waals surface area contributed by atoms with E-state index in [0.29, 0.717) is 11.5 Å². The van der Waals surface area contributed by atoms with E-state index in [-0.39, 0.29) is 37.0 Å². The number of nitrogens with zero attached hydrogens (tertiary/aromatic N) is 1. The minimum Gasteiger partial charge on any atom is -0.481 e. The molecule has 0 aromatic heterocycles. The molecule has 0 bridgehead atoms. The molecule has 0 aliphatic heterocycles. The van der Waals surface area contributed by atoms with Crippen LogP contribution in [0.15, 0.2) is 71.6 Å². The predicted molar refractivity (Wildman–Crippen MR) is 164 cm³/mol. The summed E-state index contributed by atoms with van der Waals surface area (Å²) in [5.74, 6) is -1.41. The van der Waals surface area contributed by atoms with Crippen LogP contribution in [-0.2, 0) is 34.1 Å². The number of carbonyl (C=O) groups is 1. The molecule has 0 saturated carbocycles. The maximum Gasteiger partial charge on any atom is 0.573 e. The van der Waals surface area contributed by atoms with Crippen molar-refractivity contribution >= 4 is 16.0 Å². The van der Waals surface area contributed by atoms with Crippen molar-refractivity contribution < 1.29 is 41.3 Å². The van der Waals surface area contributed by atoms with E-state index in [1.807, 2.05) is 26.0 Å². The molecule has 4 rings (SSSR count). The quantitative estimate of drug-likeness (QED) is 0.214. The van der Waals surface area contributed by atoms with Crippen LogP contribution in [0.3, 0.4) is 0 Å². The zero-order chi connectivity index (χ0) is 33.0. The van der Waals surface area contributed by atoms with E-state index in [1.165, 1.54) is 24.2 Å². The number of ether oxygens (including phenoxy) is 1. The largest absolute Gasteiger partial charge is 0.573 e. The van der Waals surface area contributed by atoms with Crippen molar-refractivity contribution in [1.82, 2.24) is 9.62 Å². The summed E-state index contributed by atoms with van der Waals surface area (Å²) in [4.78, 5) is 10.1. The van der Waals surface area contributed by atoms with Crippen LogP contribution in [0.2, 0.25) is 0 Å². The number of halogens is 3. The molecule has 0 saturated heterocycles. The number of carboxylic acid groups (broad SMARTS) is 1. The zero-order valence-electron chi connectivity index (χ0n) is 25.5. The summed E-state index contributed by atoms with van der Waals surface area (Å²) in [5.41, 5.74) is 3.84. The van der Waals surface area contributed by atoms with Gasteiger partial charge in [0, 0.05) is 32.1 Å². The number of β-amino-alcohol motifs (C(OH)–C–C–N with tert-alkyl or cyclic N) is 1. The van der Waals surface area contributed by atoms with Crippen molar-refractivity contribution in [3.8, 4) is 16.9 Å². The molecule has 3 aromatic carbocycles. The Balaban J connectivity index is 1.42. The minimum absolute atomic E-state index is 0.0682. The Morgan fingerprint density at radius 2 is 1.62 bits per heavy atom. The summed E-state index contributed by atoms with van der Waals surface area (Å²) in [6.45, 7) is 3.77. The van der Waals surface area contributed by atoms with Crippen LogP contribution in [0.1, 0.15) is 43.4 Å². The van der Waals surface area contributed by atoms with Crippen LogP contribution >= 0.6 is 0 Å². The van der Waals surface area contributed by atoms with E-state index in [4.69, 9.17) is 5.11 Å². The molecule has 0 unspecified atom stereocenters. The average Bonchev–Trinajstić information content (AvgIpc) is 3.36. The highest BCUT2D eigenvalue weighted by Crippen LogP contribution is 2.36. The van der Waals surface area contributed by atoms with Gasteiger partial charge in [0.05, 0.1) is 6.10 Å². The molecule has 0 radical (unpaired) electrons. The molecule has 3 aromatic rings. The van der Waals surface area contributed by atoms with E-state index in [9.17, 15) is 31.5 Å². The third-order valence-electron chi connectivity index (χ3n) is 7.99. The van der Waals surface area contributed by atoms with Crippen LogP contribution in [-0.4, -0.2) is 67.0 Å². The fraction of sp³-hybridized carbons (Fsp3) is 0.424. The van der Waals surface area contributed by atoms with Gasteiger partial charge in [-0.15, -0.1) is 13.2 Å². The molecule has 3 N–H and O–H groups in total. The van der Waals surface area contributed by atoms with Gasteiger partial charge >= 0.3 is 12.3 Å². The van der Waals surface area contributed by atoms with Crippen molar-refractivity contribution in [3.05, 3.63) is 83.4 Å². The number of benzene rings is 3. The molecule has 0 spiro atoms. The molecule has 0 amide bonds. The van der Waals surface area contributed by atoms with Gasteiger partial charge in [0.2, 0.25) is 10.0 Å². The Labute approximate surface area is 261 Å². The highest BCUT2D eigenvalue weighted by Gasteiger charge is 2.36. The number of likely N-dealkylation sites (N-methyl/N-ethyl adjacent to an activating group) is 1. The lowest BCUT2D eigenvalue weighted by molar-refractivity contribution is -0.275. The number of rotatable bonds is 14. The molecule has 0 fully saturated rings. The van der Waals surface area contributed by atoms with Crippen LogP contribution < -0.4 is 10.1 Å². The van der Waals surface area contributed by atoms with Crippen molar-refractivity contribution in [2.75, 3.05) is 20.1 Å². The lowest BCUT2D eigenvalue weighted by Crippen LogP contribution is -2.47. The van der Waals surface area contributed by atoms with Crippen LogP contribution in [0.5, 0.6) is 5.75 Å². The van der Waals surface area contributed by atoms with Gasteiger partial charge in [-0.3, -0.25) is 4.79 Å². The molecule has 1 aliphatic rings. The molecule has 12 heteroatoms. The van der Waals surface area contributed by atoms with E-state index in [2.05, 4.69) is 22.2 Å². The summed E-state index contributed by atoms with van der Waals surface area (Å²) in [7, 11) is -3.30. The summed E-state index contributed by atoms with van der Waals surface area (Å²) in [5, 5.41) is 22.9. The number of nitrogens with one attached hydrogen (secondary N) is 1. The number of aliphatic carboxylic acids is 1. The lowest BCUT2D eigenvalue weighted by atomic mass is 9.88. The SMILES string of the molecule is CN(C[C@H](O)CNC(C)(C)CC1Cc2ccccc2C1)S(=O)(=O)c1ccc(-c2ccc(CCC(=O)O)cc2)cc1OC(F)(F)F. The van der Waals surface area contributed by atoms with Gasteiger partial charge in [0.15, 0.2) is 0 Å². The summed E-state index contributed by atoms with van der Waals surface area (Å²) >= 11 is 0. The fourth-order valence-corrected chi connectivity index (χ4v) is 7.13. The number of carboxylic acids is 1. The topological polar surface area (TPSA) is 116 Å². The maximum atomic E-state index is 13.4. The van der Waals surface area contributed by atoms with E-state index in [0.717, 1.165) is 41.3 Å². The summed E-state index contributed by atoms with van der Waals surface area (Å²) in [6.07, 6.45) is -3.27. The van der Waals surface area contributed by atoms with E-state index >= 15 is 0 Å². The Morgan fingerprint density at radius 3 is 2.20 bits per heavy atom. The normalized spacial score (nSPS) is 14.8. The van der Waals surface area contributed by atoms with Gasteiger partial charge in [-0.05, 0) is 85.4 Å². The second-order valence-corrected chi connectivity index (χ2v) is 14.3. The molecule has 0 heterocycles. The highest BCUT2D eigenvalue weighted by molar-refractivity contribution is 7.89. The van der Waals surface area contributed by atoms with Gasteiger partial charge in [-0.1, -0.05) is 54.6 Å². The standard InChI is InChI=1S/C33H39F3N2O6S/c1-32(2,19-23-16-25-6-4-5-7-26(25)17-23)37-20-28(39)21-38(3)45(42,43)30-14-13-27(18-29(30)44-33(34,35)36)24-11-8-22(9-12-24)10-15-31(40)41/h4-9,11-14,18,23,28,37,39H,10,15-17,19-21H2,1-3H3,(H,40,41)/t28-/m1/s1. The van der Waals surface area contributed by atoms with Crippen molar-refractivity contribution in [2.24, 2.45) is 5.92 Å². The summed E-state index contributed by atoms with van der Waals surface area (Å²) in [6, 6.07) is 18.3. The number of fused-ring (bicyclic) bond motifs is 1. The number of aliphatic hydroxyl groups excluding tert-OH is 1. The molecular formula is C33H39F3N2O6S. The Hall–Kier alpha value is -3.45. The van der Waals surface area contributed by atoms with E-state index in [1.54, 1.807) is 24.3 Å². The van der Waals surface area contributed by atoms with Crippen LogP contribution in [0.4, 0.5) is 13.2 Å². The van der Waals surface area contributed by atoms with Gasteiger partial charge in [0.25, 0.3) is 0 Å². The molecule has 244 valence electrons. The number of sulfonamides is 1. The monoisotopic (exact) mass is 648 g/mol. The van der Waals surface area contributed by atoms with E-state index < -0.39 is 39.1 Å². The molecule has 1 atom stereocenters. The number of hydrogen-bond acceptors (Lipinski definition) is 6. The van der Waals surface area contributed by atoms with Crippen molar-refractivity contribution in [1.29, 1.82) is 0 Å². The number of alkyl halides is 3. The smallest absolute Gasteiger partial charge is 0.481 e. The third-order valence-corrected chi connectivity index (χ3v) is 9.85. The first-order valence-corrected chi connectivity index (χ1v) is 16.1. The first-order valence-electron chi connectivity index (χ1n) is 14.7. The second kappa shape index (κ2) is 13.9. The third kappa shape index (κ3) is 9.52. The molecule has 45 heavy (non-hydrogen) atoms. The number of aryl methyl sites for hydroxylation is 1. The van der Waals surface area contributed by atoms with Crippen molar-refractivity contribution in [3.63, 3.8) is 0 Å². The average molecular weight is 649 g/mol. The Kier molecular flexibility index (Phi) is 10.6. The Morgan fingerprint density at radius 1 is 1.02 bits per heavy atom. The second-order valence-electron chi connectivity index (χ2n) is 12.3. The molecule has 1 aliphatic carbocycles. The zero-order valence-corrected chi connectivity index (χ0v) is 26.3. The first kappa shape index (κ1) is 34.4. The molecular weight excluding hydrogens is 609 g/mol. The van der Waals surface area contributed by atoms with Gasteiger partial charge in [-0.2, -0.15) is 4.31 Å². The highest BCUT2D eigenvalue weighted by atomic mass is 32.2. The summed E-state index contributed by atoms with van der Waals surface area (Å²) < 4.78 is 71.9. The Bertz CT molecular complexity index is 1570. The van der Waals surface area contributed by atoms with Gasteiger partial charge in [-0.25, -0.2) is 8.42 Å². The fourth-order valence-electron chi connectivity index (χ4n) is 5.83. The lowest BCUT2D eigenvalue weighted by Gasteiger charge is -2.31. The maximum absolute atomic E-state index is 13.4. The van der Waals surface area contributed by atoms with Gasteiger partial charge < -0.3 is 20.3 Å². The van der Waals surface area contributed by atoms with Crippen molar-refractivity contribution in [2.45, 2.75) is 68.9 Å². The number of aliphatic hydroxyl groups is 1. The van der Waals surface area contributed by atoms with Crippen LogP contribution in [0.25, 0.3) is 11.1 Å². The number of hydrogen-bond donors (Lipinski definition) is 3. The first-order chi connectivity index (χ1) is 21.0. The predicted octanol–water partition coefficient (Wildman–Crippen LogP) is 5.42. The van der Waals surface area contributed by atoms with Crippen LogP contribution in [0, 0.1) is 5.92 Å². The van der Waals surface area contributed by atoms with Gasteiger partial charge in [0.1, 0.15) is 10.6 Å². The minimum atomic E-state index is -5.15.